The number of alkyl halides is 1. The van der Waals surface area contributed by atoms with Gasteiger partial charge in [-0.3, -0.25) is 0 Å². The van der Waals surface area contributed by atoms with Crippen LogP contribution in [0.25, 0.3) is 11.0 Å². The van der Waals surface area contributed by atoms with Gasteiger partial charge in [0.05, 0.1) is 23.3 Å². The Labute approximate surface area is 126 Å². The minimum absolute atomic E-state index is 0.529. The van der Waals surface area contributed by atoms with E-state index < -0.39 is 0 Å². The molecule has 0 aliphatic carbocycles. The Kier molecular flexibility index (Phi) is 3.85. The van der Waals surface area contributed by atoms with Crippen LogP contribution < -0.4 is 0 Å². The first-order valence-corrected chi connectivity index (χ1v) is 7.14. The van der Waals surface area contributed by atoms with Gasteiger partial charge in [0.2, 0.25) is 0 Å². The van der Waals surface area contributed by atoms with E-state index in [0.29, 0.717) is 23.9 Å². The van der Waals surface area contributed by atoms with Gasteiger partial charge in [-0.05, 0) is 24.3 Å². The van der Waals surface area contributed by atoms with Gasteiger partial charge >= 0.3 is 0 Å². The molecule has 0 spiro atoms. The maximum absolute atomic E-state index is 6.02. The molecule has 0 unspecified atom stereocenters. The van der Waals surface area contributed by atoms with Crippen molar-refractivity contribution in [2.75, 3.05) is 5.88 Å². The highest BCUT2D eigenvalue weighted by atomic mass is 35.5. The first-order chi connectivity index (χ1) is 9.78. The van der Waals surface area contributed by atoms with E-state index in [1.807, 2.05) is 24.3 Å². The molecule has 0 saturated carbocycles. The second-order valence-electron chi connectivity index (χ2n) is 4.39. The van der Waals surface area contributed by atoms with Gasteiger partial charge in [-0.2, -0.15) is 0 Å². The van der Waals surface area contributed by atoms with Crippen LogP contribution in [-0.2, 0) is 13.0 Å². The topological polar surface area (TPSA) is 43.6 Å². The highest BCUT2D eigenvalue weighted by molar-refractivity contribution is 6.31. The summed E-state index contributed by atoms with van der Waals surface area (Å²) in [5, 5.41) is 0.682. The third-order valence-corrected chi connectivity index (χ3v) is 3.49. The average Bonchev–Trinajstić information content (AvgIpc) is 2.77. The van der Waals surface area contributed by atoms with E-state index in [1.54, 1.807) is 12.5 Å². The van der Waals surface area contributed by atoms with E-state index in [-0.39, 0.29) is 0 Å². The largest absolute Gasteiger partial charge is 0.322 e. The summed E-state index contributed by atoms with van der Waals surface area (Å²) in [6.45, 7) is 0.646. The molecule has 102 valence electrons. The van der Waals surface area contributed by atoms with Crippen molar-refractivity contribution < 1.29 is 0 Å². The summed E-state index contributed by atoms with van der Waals surface area (Å²) in [6, 6.07) is 7.60. The first kappa shape index (κ1) is 13.3. The molecule has 1 aromatic carbocycles. The number of nitrogens with zero attached hydrogens (tertiary/aromatic N) is 4. The number of aryl methyl sites for hydroxylation is 1. The summed E-state index contributed by atoms with van der Waals surface area (Å²) < 4.78 is 2.12. The smallest absolute Gasteiger partial charge is 0.115 e. The van der Waals surface area contributed by atoms with Crippen LogP contribution in [-0.4, -0.2) is 25.4 Å². The van der Waals surface area contributed by atoms with Crippen LogP contribution in [0, 0.1) is 0 Å². The molecule has 0 amide bonds. The molecule has 0 radical (unpaired) electrons. The zero-order valence-corrected chi connectivity index (χ0v) is 12.1. The molecule has 0 aliphatic rings. The predicted octanol–water partition coefficient (Wildman–Crippen LogP) is 3.31. The zero-order valence-electron chi connectivity index (χ0n) is 10.6. The quantitative estimate of drug-likeness (QED) is 0.695. The molecule has 0 atom stereocenters. The van der Waals surface area contributed by atoms with Crippen LogP contribution in [0.15, 0.2) is 36.8 Å². The van der Waals surface area contributed by atoms with Gasteiger partial charge in [0.25, 0.3) is 0 Å². The van der Waals surface area contributed by atoms with Crippen LogP contribution >= 0.6 is 23.2 Å². The minimum atomic E-state index is 0.529. The van der Waals surface area contributed by atoms with Crippen LogP contribution in [0.1, 0.15) is 11.5 Å². The lowest BCUT2D eigenvalue weighted by Crippen LogP contribution is -2.07. The fourth-order valence-electron chi connectivity index (χ4n) is 2.18. The van der Waals surface area contributed by atoms with Crippen molar-refractivity contribution >= 4 is 34.2 Å². The lowest BCUT2D eigenvalue weighted by molar-refractivity contribution is 0.735. The number of benzene rings is 1. The van der Waals surface area contributed by atoms with Crippen LogP contribution in [0.2, 0.25) is 5.02 Å². The summed E-state index contributed by atoms with van der Waals surface area (Å²) in [5.74, 6) is 1.47. The first-order valence-electron chi connectivity index (χ1n) is 6.23. The second kappa shape index (κ2) is 5.77. The van der Waals surface area contributed by atoms with E-state index in [9.17, 15) is 0 Å². The fourth-order valence-corrected chi connectivity index (χ4v) is 2.51. The van der Waals surface area contributed by atoms with Gasteiger partial charge < -0.3 is 4.57 Å². The molecule has 0 saturated heterocycles. The second-order valence-corrected chi connectivity index (χ2v) is 5.20. The van der Waals surface area contributed by atoms with Crippen molar-refractivity contribution in [1.82, 2.24) is 19.5 Å². The minimum Gasteiger partial charge on any atom is -0.322 e. The molecule has 0 aliphatic heterocycles. The summed E-state index contributed by atoms with van der Waals surface area (Å²) >= 11 is 11.9. The van der Waals surface area contributed by atoms with Crippen LogP contribution in [0.5, 0.6) is 0 Å². The Balaban J connectivity index is 2.09. The van der Waals surface area contributed by atoms with Crippen molar-refractivity contribution in [1.29, 1.82) is 0 Å². The normalized spacial score (nSPS) is 11.1. The predicted molar refractivity (Wildman–Crippen MR) is 80.3 cm³/mol. The summed E-state index contributed by atoms with van der Waals surface area (Å²) in [5.41, 5.74) is 2.85. The number of imidazole rings is 1. The molecule has 6 heteroatoms. The van der Waals surface area contributed by atoms with Crippen LogP contribution in [0.3, 0.4) is 0 Å². The standard InChI is InChI=1S/C14H12Cl2N4/c15-5-3-14-19-12-7-10(16)1-2-13(12)20(14)8-11-4-6-17-9-18-11/h1-2,4,6-7,9H,3,5,8H2. The molecule has 4 nitrogen and oxygen atoms in total. The lowest BCUT2D eigenvalue weighted by atomic mass is 10.3. The van der Waals surface area contributed by atoms with Crippen molar-refractivity contribution in [3.05, 3.63) is 53.3 Å². The van der Waals surface area contributed by atoms with Crippen molar-refractivity contribution in [3.63, 3.8) is 0 Å². The van der Waals surface area contributed by atoms with E-state index in [2.05, 4.69) is 19.5 Å². The maximum atomic E-state index is 6.02. The molecular formula is C14H12Cl2N4. The summed E-state index contributed by atoms with van der Waals surface area (Å²) in [7, 11) is 0. The Morgan fingerprint density at radius 3 is 2.85 bits per heavy atom. The molecular weight excluding hydrogens is 295 g/mol. The fraction of sp³-hybridized carbons (Fsp3) is 0.214. The van der Waals surface area contributed by atoms with Gasteiger partial charge in [0.15, 0.2) is 0 Å². The van der Waals surface area contributed by atoms with Crippen molar-refractivity contribution in [3.8, 4) is 0 Å². The molecule has 0 fully saturated rings. The monoisotopic (exact) mass is 306 g/mol. The Hall–Kier alpha value is -1.65. The number of aromatic nitrogens is 4. The zero-order chi connectivity index (χ0) is 13.9. The van der Waals surface area contributed by atoms with E-state index in [1.165, 1.54) is 0 Å². The van der Waals surface area contributed by atoms with E-state index in [4.69, 9.17) is 23.2 Å². The van der Waals surface area contributed by atoms with E-state index in [0.717, 1.165) is 22.6 Å². The average molecular weight is 307 g/mol. The number of fused-ring (bicyclic) bond motifs is 1. The number of hydrogen-bond acceptors (Lipinski definition) is 3. The van der Waals surface area contributed by atoms with Gasteiger partial charge in [-0.25, -0.2) is 15.0 Å². The lowest BCUT2D eigenvalue weighted by Gasteiger charge is -2.07. The highest BCUT2D eigenvalue weighted by Crippen LogP contribution is 2.22. The third kappa shape index (κ3) is 2.62. The van der Waals surface area contributed by atoms with Gasteiger partial charge in [0.1, 0.15) is 12.2 Å². The molecule has 0 bridgehead atoms. The van der Waals surface area contributed by atoms with Gasteiger partial charge in [-0.15, -0.1) is 11.6 Å². The van der Waals surface area contributed by atoms with Crippen molar-refractivity contribution in [2.45, 2.75) is 13.0 Å². The number of halogens is 2. The van der Waals surface area contributed by atoms with Gasteiger partial charge in [-0.1, -0.05) is 11.6 Å². The van der Waals surface area contributed by atoms with E-state index >= 15 is 0 Å². The Morgan fingerprint density at radius 2 is 2.10 bits per heavy atom. The molecule has 0 N–H and O–H groups in total. The maximum Gasteiger partial charge on any atom is 0.115 e. The van der Waals surface area contributed by atoms with Crippen molar-refractivity contribution in [2.24, 2.45) is 0 Å². The molecule has 2 aromatic heterocycles. The summed E-state index contributed by atoms with van der Waals surface area (Å²) in [6.07, 6.45) is 3.99. The number of hydrogen-bond donors (Lipinski definition) is 0. The molecule has 3 aromatic rings. The van der Waals surface area contributed by atoms with Gasteiger partial charge in [0, 0.05) is 23.5 Å². The summed E-state index contributed by atoms with van der Waals surface area (Å²) in [4.78, 5) is 12.8. The Morgan fingerprint density at radius 1 is 1.20 bits per heavy atom. The Bertz CT molecular complexity index is 725. The third-order valence-electron chi connectivity index (χ3n) is 3.07. The highest BCUT2D eigenvalue weighted by Gasteiger charge is 2.11. The number of rotatable bonds is 4. The molecule has 20 heavy (non-hydrogen) atoms. The molecule has 2 heterocycles. The molecule has 3 rings (SSSR count). The van der Waals surface area contributed by atoms with Crippen LogP contribution in [0.4, 0.5) is 0 Å². The SMILES string of the molecule is ClCCc1nc2cc(Cl)ccc2n1Cc1ccncn1.